The maximum atomic E-state index is 10.5. The minimum Gasteiger partial charge on any atom is -0.369 e. The number of nitro benzene ring substituents is 1. The van der Waals surface area contributed by atoms with Gasteiger partial charge < -0.3 is 11.5 Å². The zero-order valence-electron chi connectivity index (χ0n) is 8.62. The van der Waals surface area contributed by atoms with Crippen LogP contribution >= 0.6 is 0 Å². The summed E-state index contributed by atoms with van der Waals surface area (Å²) in [5.41, 5.74) is 11.6. The molecule has 0 heterocycles. The quantitative estimate of drug-likeness (QED) is 0.334. The molecule has 4 N–H and O–H groups in total. The molecule has 0 radical (unpaired) electrons. The van der Waals surface area contributed by atoms with Crippen LogP contribution in [-0.4, -0.2) is 17.1 Å². The number of aryl methyl sites for hydroxylation is 1. The Bertz CT molecular complexity index is 463. The molecule has 0 spiro atoms. The van der Waals surface area contributed by atoms with Crippen molar-refractivity contribution in [1.82, 2.24) is 0 Å². The Morgan fingerprint density at radius 2 is 2.19 bits per heavy atom. The van der Waals surface area contributed by atoms with Crippen LogP contribution in [0.15, 0.2) is 28.4 Å². The van der Waals surface area contributed by atoms with E-state index in [1.54, 1.807) is 13.0 Å². The second-order valence-corrected chi connectivity index (χ2v) is 3.07. The molecule has 16 heavy (non-hydrogen) atoms. The van der Waals surface area contributed by atoms with Crippen LogP contribution in [0.25, 0.3) is 0 Å². The van der Waals surface area contributed by atoms with E-state index < -0.39 is 4.92 Å². The van der Waals surface area contributed by atoms with E-state index in [1.165, 1.54) is 18.3 Å². The smallest absolute Gasteiger partial charge is 0.270 e. The third-order valence-electron chi connectivity index (χ3n) is 1.84. The SMILES string of the molecule is Cc1ccc([N+](=O)[O-])cc1C=NN=C(N)N. The standard InChI is InChI=1S/C9H11N5O2/c1-6-2-3-8(14(15)16)4-7(6)5-12-13-9(10)11/h2-5H,1H3,(H4,10,11,13). The third-order valence-corrected chi connectivity index (χ3v) is 1.84. The summed E-state index contributed by atoms with van der Waals surface area (Å²) in [6.07, 6.45) is 1.36. The number of hydrogen-bond donors (Lipinski definition) is 2. The predicted octanol–water partition coefficient (Wildman–Crippen LogP) is 0.511. The molecule has 0 aromatic heterocycles. The van der Waals surface area contributed by atoms with Crippen molar-refractivity contribution in [2.75, 3.05) is 0 Å². The molecule has 7 heteroatoms. The zero-order valence-corrected chi connectivity index (χ0v) is 8.62. The summed E-state index contributed by atoms with van der Waals surface area (Å²) in [6.45, 7) is 1.81. The van der Waals surface area contributed by atoms with Crippen LogP contribution in [0.4, 0.5) is 5.69 Å². The molecule has 0 bridgehead atoms. The number of benzene rings is 1. The van der Waals surface area contributed by atoms with Crippen molar-refractivity contribution in [2.45, 2.75) is 6.92 Å². The molecule has 0 saturated carbocycles. The first kappa shape index (κ1) is 11.6. The zero-order chi connectivity index (χ0) is 12.1. The number of nitrogens with two attached hydrogens (primary N) is 2. The first-order valence-electron chi connectivity index (χ1n) is 4.37. The fraction of sp³-hybridized carbons (Fsp3) is 0.111. The molecular formula is C9H11N5O2. The molecule has 0 fully saturated rings. The summed E-state index contributed by atoms with van der Waals surface area (Å²) in [5, 5.41) is 17.5. The fourth-order valence-corrected chi connectivity index (χ4v) is 1.04. The molecule has 0 atom stereocenters. The number of nitro groups is 1. The first-order valence-corrected chi connectivity index (χ1v) is 4.37. The largest absolute Gasteiger partial charge is 0.369 e. The number of non-ortho nitro benzene ring substituents is 1. The van der Waals surface area contributed by atoms with E-state index in [0.717, 1.165) is 5.56 Å². The van der Waals surface area contributed by atoms with Crippen LogP contribution in [0.1, 0.15) is 11.1 Å². The normalized spacial score (nSPS) is 10.3. The second kappa shape index (κ2) is 4.87. The number of hydrogen-bond acceptors (Lipinski definition) is 4. The van der Waals surface area contributed by atoms with Gasteiger partial charge in [-0.05, 0) is 12.5 Å². The van der Waals surface area contributed by atoms with E-state index in [-0.39, 0.29) is 11.6 Å². The third kappa shape index (κ3) is 3.05. The fourth-order valence-electron chi connectivity index (χ4n) is 1.04. The highest BCUT2D eigenvalue weighted by Gasteiger charge is 2.06. The van der Waals surface area contributed by atoms with Gasteiger partial charge in [0.05, 0.1) is 11.1 Å². The van der Waals surface area contributed by atoms with Gasteiger partial charge in [0.2, 0.25) is 5.96 Å². The van der Waals surface area contributed by atoms with E-state index in [1.807, 2.05) is 0 Å². The van der Waals surface area contributed by atoms with Crippen molar-refractivity contribution in [3.8, 4) is 0 Å². The van der Waals surface area contributed by atoms with E-state index in [2.05, 4.69) is 10.2 Å². The minimum absolute atomic E-state index is 0.00301. The molecule has 0 aliphatic carbocycles. The summed E-state index contributed by atoms with van der Waals surface area (Å²) in [5.74, 6) is -0.167. The van der Waals surface area contributed by atoms with Crippen molar-refractivity contribution in [3.05, 3.63) is 39.4 Å². The minimum atomic E-state index is -0.475. The summed E-state index contributed by atoms with van der Waals surface area (Å²) < 4.78 is 0. The van der Waals surface area contributed by atoms with Crippen molar-refractivity contribution in [1.29, 1.82) is 0 Å². The van der Waals surface area contributed by atoms with E-state index in [9.17, 15) is 10.1 Å². The first-order chi connectivity index (χ1) is 7.50. The van der Waals surface area contributed by atoms with E-state index in [4.69, 9.17) is 11.5 Å². The molecule has 7 nitrogen and oxygen atoms in total. The lowest BCUT2D eigenvalue weighted by atomic mass is 10.1. The monoisotopic (exact) mass is 221 g/mol. The lowest BCUT2D eigenvalue weighted by molar-refractivity contribution is -0.384. The molecule has 0 aliphatic rings. The summed E-state index contributed by atoms with van der Waals surface area (Å²) in [7, 11) is 0. The van der Waals surface area contributed by atoms with Crippen LogP contribution in [0, 0.1) is 17.0 Å². The molecule has 0 saturated heterocycles. The molecule has 1 aromatic rings. The van der Waals surface area contributed by atoms with Crippen LogP contribution < -0.4 is 11.5 Å². The van der Waals surface area contributed by atoms with Gasteiger partial charge in [-0.15, -0.1) is 5.10 Å². The Labute approximate surface area is 91.6 Å². The molecular weight excluding hydrogens is 210 g/mol. The van der Waals surface area contributed by atoms with Crippen LogP contribution in [0.3, 0.4) is 0 Å². The maximum absolute atomic E-state index is 10.5. The number of rotatable bonds is 3. The van der Waals surface area contributed by atoms with Crippen molar-refractivity contribution in [3.63, 3.8) is 0 Å². The predicted molar refractivity (Wildman–Crippen MR) is 61.2 cm³/mol. The molecule has 84 valence electrons. The summed E-state index contributed by atoms with van der Waals surface area (Å²) in [6, 6.07) is 4.46. The number of nitrogens with zero attached hydrogens (tertiary/aromatic N) is 3. The topological polar surface area (TPSA) is 120 Å². The van der Waals surface area contributed by atoms with Gasteiger partial charge >= 0.3 is 0 Å². The molecule has 0 amide bonds. The Balaban J connectivity index is 3.03. The summed E-state index contributed by atoms with van der Waals surface area (Å²) in [4.78, 5) is 10.1. The Morgan fingerprint density at radius 3 is 2.75 bits per heavy atom. The molecule has 1 rings (SSSR count). The highest BCUT2D eigenvalue weighted by Crippen LogP contribution is 2.15. The Hall–Kier alpha value is -2.44. The van der Waals surface area contributed by atoms with Crippen LogP contribution in [-0.2, 0) is 0 Å². The van der Waals surface area contributed by atoms with Gasteiger partial charge in [0, 0.05) is 17.7 Å². The average molecular weight is 221 g/mol. The van der Waals surface area contributed by atoms with Crippen molar-refractivity contribution < 1.29 is 4.92 Å². The van der Waals surface area contributed by atoms with Crippen LogP contribution in [0.5, 0.6) is 0 Å². The van der Waals surface area contributed by atoms with Gasteiger partial charge in [0.1, 0.15) is 0 Å². The van der Waals surface area contributed by atoms with Crippen molar-refractivity contribution >= 4 is 17.9 Å². The maximum Gasteiger partial charge on any atom is 0.270 e. The Kier molecular flexibility index (Phi) is 3.54. The summed E-state index contributed by atoms with van der Waals surface area (Å²) >= 11 is 0. The molecule has 1 aromatic carbocycles. The average Bonchev–Trinajstić information content (AvgIpc) is 2.20. The van der Waals surface area contributed by atoms with E-state index >= 15 is 0 Å². The number of guanidine groups is 1. The Morgan fingerprint density at radius 1 is 1.50 bits per heavy atom. The highest BCUT2D eigenvalue weighted by molar-refractivity contribution is 5.84. The lowest BCUT2D eigenvalue weighted by Crippen LogP contribution is -2.21. The van der Waals surface area contributed by atoms with Gasteiger partial charge in [-0.2, -0.15) is 5.10 Å². The molecule has 0 aliphatic heterocycles. The lowest BCUT2D eigenvalue weighted by Gasteiger charge is -1.98. The van der Waals surface area contributed by atoms with Crippen molar-refractivity contribution in [2.24, 2.45) is 21.7 Å². The van der Waals surface area contributed by atoms with Crippen LogP contribution in [0.2, 0.25) is 0 Å². The van der Waals surface area contributed by atoms with Gasteiger partial charge in [-0.25, -0.2) is 0 Å². The van der Waals surface area contributed by atoms with E-state index in [0.29, 0.717) is 5.56 Å². The highest BCUT2D eigenvalue weighted by atomic mass is 16.6. The van der Waals surface area contributed by atoms with Gasteiger partial charge in [-0.1, -0.05) is 6.07 Å². The van der Waals surface area contributed by atoms with Gasteiger partial charge in [-0.3, -0.25) is 10.1 Å². The second-order valence-electron chi connectivity index (χ2n) is 3.07. The van der Waals surface area contributed by atoms with Gasteiger partial charge in [0.25, 0.3) is 5.69 Å². The van der Waals surface area contributed by atoms with Gasteiger partial charge in [0.15, 0.2) is 0 Å². The molecule has 0 unspecified atom stereocenters.